The van der Waals surface area contributed by atoms with Gasteiger partial charge in [0.25, 0.3) is 11.1 Å². The zero-order valence-electron chi connectivity index (χ0n) is 15.1. The summed E-state index contributed by atoms with van der Waals surface area (Å²) in [7, 11) is 1.47. The van der Waals surface area contributed by atoms with Crippen molar-refractivity contribution in [3.63, 3.8) is 0 Å². The molecule has 0 aliphatic carbocycles. The molecule has 0 radical (unpaired) electrons. The molecule has 0 bridgehead atoms. The standard InChI is InChI=1S/C20H14Cl2N2O4S/c1-27-17-8-12(2-5-16(17)28-7-6-23)9-18-19(25)24(20(26)29-18)11-13-3-4-14(21)10-15(13)22/h2-5,8-10H,7,11H2,1H3. The number of carbonyl (C=O) groups is 2. The van der Waals surface area contributed by atoms with E-state index in [9.17, 15) is 9.59 Å². The maximum absolute atomic E-state index is 12.7. The van der Waals surface area contributed by atoms with Crippen molar-refractivity contribution in [2.24, 2.45) is 0 Å². The second-order valence-electron chi connectivity index (χ2n) is 5.86. The minimum atomic E-state index is -0.408. The molecule has 29 heavy (non-hydrogen) atoms. The first-order chi connectivity index (χ1) is 13.9. The number of thioether (sulfide) groups is 1. The van der Waals surface area contributed by atoms with Crippen LogP contribution in [0.15, 0.2) is 41.3 Å². The van der Waals surface area contributed by atoms with Crippen molar-refractivity contribution in [3.8, 4) is 17.6 Å². The zero-order valence-corrected chi connectivity index (χ0v) is 17.5. The number of amides is 2. The molecule has 148 valence electrons. The van der Waals surface area contributed by atoms with E-state index in [1.165, 1.54) is 7.11 Å². The Kier molecular flexibility index (Phi) is 6.70. The minimum Gasteiger partial charge on any atom is -0.493 e. The molecule has 3 rings (SSSR count). The molecule has 0 N–H and O–H groups in total. The van der Waals surface area contributed by atoms with Gasteiger partial charge in [-0.2, -0.15) is 5.26 Å². The molecule has 0 saturated carbocycles. The van der Waals surface area contributed by atoms with Crippen LogP contribution in [0, 0.1) is 11.3 Å². The molecule has 0 atom stereocenters. The summed E-state index contributed by atoms with van der Waals surface area (Å²) in [4.78, 5) is 26.5. The Labute approximate surface area is 181 Å². The van der Waals surface area contributed by atoms with Gasteiger partial charge in [-0.15, -0.1) is 0 Å². The molecule has 1 aliphatic rings. The van der Waals surface area contributed by atoms with E-state index in [0.29, 0.717) is 32.7 Å². The monoisotopic (exact) mass is 448 g/mol. The summed E-state index contributed by atoms with van der Waals surface area (Å²) in [5, 5.41) is 9.12. The van der Waals surface area contributed by atoms with Crippen LogP contribution < -0.4 is 9.47 Å². The fourth-order valence-corrected chi connectivity index (χ4v) is 3.92. The lowest BCUT2D eigenvalue weighted by molar-refractivity contribution is -0.123. The van der Waals surface area contributed by atoms with Gasteiger partial charge < -0.3 is 9.47 Å². The number of benzene rings is 2. The second kappa shape index (κ2) is 9.23. The van der Waals surface area contributed by atoms with E-state index in [1.807, 2.05) is 6.07 Å². The van der Waals surface area contributed by atoms with Crippen molar-refractivity contribution in [3.05, 3.63) is 62.5 Å². The van der Waals surface area contributed by atoms with Crippen LogP contribution in [-0.4, -0.2) is 29.8 Å². The maximum Gasteiger partial charge on any atom is 0.293 e. The van der Waals surface area contributed by atoms with Crippen LogP contribution in [0.25, 0.3) is 6.08 Å². The van der Waals surface area contributed by atoms with Gasteiger partial charge in [0.15, 0.2) is 18.1 Å². The van der Waals surface area contributed by atoms with E-state index < -0.39 is 5.91 Å². The topological polar surface area (TPSA) is 79.6 Å². The van der Waals surface area contributed by atoms with Gasteiger partial charge in [-0.05, 0) is 53.2 Å². The predicted octanol–water partition coefficient (Wildman–Crippen LogP) is 5.14. The molecule has 1 aliphatic heterocycles. The Bertz CT molecular complexity index is 1050. The lowest BCUT2D eigenvalue weighted by Crippen LogP contribution is -2.27. The van der Waals surface area contributed by atoms with Gasteiger partial charge in [0, 0.05) is 10.0 Å². The number of nitrogens with zero attached hydrogens (tertiary/aromatic N) is 2. The van der Waals surface area contributed by atoms with Crippen LogP contribution in [0.1, 0.15) is 11.1 Å². The lowest BCUT2D eigenvalue weighted by Gasteiger charge is -2.13. The summed E-state index contributed by atoms with van der Waals surface area (Å²) in [6.07, 6.45) is 1.60. The first-order valence-corrected chi connectivity index (χ1v) is 9.87. The highest BCUT2D eigenvalue weighted by Gasteiger charge is 2.35. The molecule has 1 saturated heterocycles. The smallest absolute Gasteiger partial charge is 0.293 e. The second-order valence-corrected chi connectivity index (χ2v) is 7.70. The first-order valence-electron chi connectivity index (χ1n) is 8.30. The molecule has 0 spiro atoms. The highest BCUT2D eigenvalue weighted by molar-refractivity contribution is 8.18. The fourth-order valence-electron chi connectivity index (χ4n) is 2.61. The number of ether oxygens (including phenoxy) is 2. The van der Waals surface area contributed by atoms with Crippen LogP contribution in [0.2, 0.25) is 10.0 Å². The molecule has 9 heteroatoms. The largest absolute Gasteiger partial charge is 0.493 e. The number of hydrogen-bond donors (Lipinski definition) is 0. The summed E-state index contributed by atoms with van der Waals surface area (Å²) in [6, 6.07) is 11.8. The van der Waals surface area contributed by atoms with E-state index in [4.69, 9.17) is 37.9 Å². The van der Waals surface area contributed by atoms with E-state index in [-0.39, 0.29) is 23.3 Å². The SMILES string of the molecule is COc1cc(C=C2SC(=O)N(Cc3ccc(Cl)cc3Cl)C2=O)ccc1OCC#N. The first kappa shape index (κ1) is 21.1. The summed E-state index contributed by atoms with van der Waals surface area (Å²) in [6.45, 7) is -0.0515. The highest BCUT2D eigenvalue weighted by Crippen LogP contribution is 2.36. The number of imide groups is 1. The van der Waals surface area contributed by atoms with Crippen molar-refractivity contribution >= 4 is 52.2 Å². The highest BCUT2D eigenvalue weighted by atomic mass is 35.5. The third-order valence-corrected chi connectivity index (χ3v) is 5.49. The number of hydrogen-bond acceptors (Lipinski definition) is 6. The van der Waals surface area contributed by atoms with Crippen LogP contribution in [0.5, 0.6) is 11.5 Å². The number of nitriles is 1. The molecule has 2 aromatic carbocycles. The molecule has 2 amide bonds. The Balaban J connectivity index is 1.81. The van der Waals surface area contributed by atoms with Gasteiger partial charge in [-0.3, -0.25) is 14.5 Å². The number of halogens is 2. The average molecular weight is 449 g/mol. The van der Waals surface area contributed by atoms with Crippen molar-refractivity contribution in [2.45, 2.75) is 6.54 Å². The number of methoxy groups -OCH3 is 1. The van der Waals surface area contributed by atoms with E-state index >= 15 is 0 Å². The minimum absolute atomic E-state index is 0.0578. The lowest BCUT2D eigenvalue weighted by atomic mass is 10.1. The summed E-state index contributed by atoms with van der Waals surface area (Å²) in [5.74, 6) is 0.424. The Hall–Kier alpha value is -2.66. The Morgan fingerprint density at radius 2 is 1.97 bits per heavy atom. The van der Waals surface area contributed by atoms with Crippen molar-refractivity contribution in [2.75, 3.05) is 13.7 Å². The summed E-state index contributed by atoms with van der Waals surface area (Å²) >= 11 is 12.9. The fraction of sp³-hybridized carbons (Fsp3) is 0.150. The summed E-state index contributed by atoms with van der Waals surface area (Å²) < 4.78 is 10.5. The maximum atomic E-state index is 12.7. The van der Waals surface area contributed by atoms with Crippen LogP contribution in [0.3, 0.4) is 0 Å². The summed E-state index contributed by atoms with van der Waals surface area (Å²) in [5.41, 5.74) is 1.28. The van der Waals surface area contributed by atoms with Gasteiger partial charge in [-0.1, -0.05) is 35.3 Å². The van der Waals surface area contributed by atoms with Gasteiger partial charge in [-0.25, -0.2) is 0 Å². The van der Waals surface area contributed by atoms with Crippen molar-refractivity contribution in [1.82, 2.24) is 4.90 Å². The van der Waals surface area contributed by atoms with E-state index in [2.05, 4.69) is 0 Å². The molecule has 1 fully saturated rings. The molecular weight excluding hydrogens is 435 g/mol. The van der Waals surface area contributed by atoms with Crippen LogP contribution >= 0.6 is 35.0 Å². The quantitative estimate of drug-likeness (QED) is 0.569. The van der Waals surface area contributed by atoms with Crippen LogP contribution in [-0.2, 0) is 11.3 Å². The van der Waals surface area contributed by atoms with Crippen molar-refractivity contribution < 1.29 is 19.1 Å². The number of rotatable bonds is 6. The van der Waals surface area contributed by atoms with E-state index in [0.717, 1.165) is 16.7 Å². The molecule has 6 nitrogen and oxygen atoms in total. The molecule has 2 aromatic rings. The average Bonchev–Trinajstić information content (AvgIpc) is 2.96. The number of carbonyl (C=O) groups excluding carboxylic acids is 2. The third kappa shape index (κ3) is 4.85. The van der Waals surface area contributed by atoms with Gasteiger partial charge in [0.05, 0.1) is 18.6 Å². The molecule has 0 aromatic heterocycles. The van der Waals surface area contributed by atoms with Crippen molar-refractivity contribution in [1.29, 1.82) is 5.26 Å². The molecule has 1 heterocycles. The van der Waals surface area contributed by atoms with E-state index in [1.54, 1.807) is 42.5 Å². The normalized spacial score (nSPS) is 15.0. The van der Waals surface area contributed by atoms with Gasteiger partial charge in [0.2, 0.25) is 0 Å². The zero-order chi connectivity index (χ0) is 21.0. The Morgan fingerprint density at radius 3 is 2.66 bits per heavy atom. The molecular formula is C20H14Cl2N2O4S. The van der Waals surface area contributed by atoms with Gasteiger partial charge in [0.1, 0.15) is 6.07 Å². The third-order valence-electron chi connectivity index (χ3n) is 3.99. The Morgan fingerprint density at radius 1 is 1.17 bits per heavy atom. The van der Waals surface area contributed by atoms with Crippen LogP contribution in [0.4, 0.5) is 4.79 Å². The molecule has 0 unspecified atom stereocenters. The van der Waals surface area contributed by atoms with Gasteiger partial charge >= 0.3 is 0 Å². The predicted molar refractivity (Wildman–Crippen MR) is 112 cm³/mol.